The van der Waals surface area contributed by atoms with Crippen molar-refractivity contribution >= 4 is 11.9 Å². The zero-order valence-corrected chi connectivity index (χ0v) is 9.79. The maximum Gasteiger partial charge on any atom is 0.328 e. The Morgan fingerprint density at radius 1 is 1.33 bits per heavy atom. The third kappa shape index (κ3) is 3.22. The van der Waals surface area contributed by atoms with Gasteiger partial charge in [0.05, 0.1) is 7.11 Å². The Kier molecular flexibility index (Phi) is 3.37. The molecule has 0 aromatic rings. The summed E-state index contributed by atoms with van der Waals surface area (Å²) in [4.78, 5) is 23.1. The lowest BCUT2D eigenvalue weighted by atomic mass is 9.86. The molecule has 0 aromatic heterocycles. The van der Waals surface area contributed by atoms with Gasteiger partial charge in [0, 0.05) is 5.92 Å². The minimum absolute atomic E-state index is 0.0275. The lowest BCUT2D eigenvalue weighted by molar-refractivity contribution is -0.148. The number of hydrogen-bond donors (Lipinski definition) is 1. The highest BCUT2D eigenvalue weighted by Crippen LogP contribution is 2.30. The van der Waals surface area contributed by atoms with E-state index in [9.17, 15) is 9.59 Å². The number of rotatable bonds is 3. The van der Waals surface area contributed by atoms with Gasteiger partial charge in [-0.3, -0.25) is 4.79 Å². The topological polar surface area (TPSA) is 55.4 Å². The molecule has 0 aliphatic heterocycles. The summed E-state index contributed by atoms with van der Waals surface area (Å²) in [7, 11) is 1.34. The molecule has 0 heterocycles. The van der Waals surface area contributed by atoms with Crippen molar-refractivity contribution in [1.82, 2.24) is 5.32 Å². The summed E-state index contributed by atoms with van der Waals surface area (Å²) < 4.78 is 4.69. The molecule has 1 aliphatic carbocycles. The van der Waals surface area contributed by atoms with Gasteiger partial charge in [-0.05, 0) is 18.3 Å². The summed E-state index contributed by atoms with van der Waals surface area (Å²) in [6.45, 7) is 5.71. The minimum atomic E-state index is -0.560. The van der Waals surface area contributed by atoms with Gasteiger partial charge in [-0.25, -0.2) is 4.79 Å². The van der Waals surface area contributed by atoms with Crippen molar-refractivity contribution in [2.45, 2.75) is 39.7 Å². The molecule has 0 saturated heterocycles. The number of ether oxygens (including phenoxy) is 1. The predicted octanol–water partition coefficient (Wildman–Crippen LogP) is 1.10. The van der Waals surface area contributed by atoms with E-state index < -0.39 is 6.04 Å². The molecule has 0 bridgehead atoms. The van der Waals surface area contributed by atoms with E-state index in [0.717, 1.165) is 12.8 Å². The second-order valence-electron chi connectivity index (χ2n) is 5.11. The molecule has 0 spiro atoms. The smallest absolute Gasteiger partial charge is 0.328 e. The summed E-state index contributed by atoms with van der Waals surface area (Å²) >= 11 is 0. The van der Waals surface area contributed by atoms with Crippen LogP contribution in [0.25, 0.3) is 0 Å². The largest absolute Gasteiger partial charge is 0.467 e. The van der Waals surface area contributed by atoms with Crippen LogP contribution in [0.1, 0.15) is 33.6 Å². The van der Waals surface area contributed by atoms with E-state index in [-0.39, 0.29) is 23.2 Å². The molecule has 1 unspecified atom stereocenters. The Hall–Kier alpha value is -1.06. The van der Waals surface area contributed by atoms with E-state index in [4.69, 9.17) is 0 Å². The fourth-order valence-corrected chi connectivity index (χ4v) is 1.35. The molecule has 0 aromatic carbocycles. The molecule has 15 heavy (non-hydrogen) atoms. The number of carbonyl (C=O) groups is 2. The van der Waals surface area contributed by atoms with Gasteiger partial charge >= 0.3 is 5.97 Å². The molecule has 86 valence electrons. The molecule has 4 heteroatoms. The maximum atomic E-state index is 11.6. The Morgan fingerprint density at radius 2 is 1.87 bits per heavy atom. The van der Waals surface area contributed by atoms with Gasteiger partial charge < -0.3 is 10.1 Å². The van der Waals surface area contributed by atoms with Gasteiger partial charge in [-0.2, -0.15) is 0 Å². The summed E-state index contributed by atoms with van der Waals surface area (Å²) in [6, 6.07) is -0.560. The van der Waals surface area contributed by atoms with E-state index in [1.54, 1.807) is 0 Å². The molecular weight excluding hydrogens is 194 g/mol. The summed E-state index contributed by atoms with van der Waals surface area (Å²) in [6.07, 6.45) is 1.87. The van der Waals surface area contributed by atoms with Gasteiger partial charge in [-0.1, -0.05) is 20.8 Å². The van der Waals surface area contributed by atoms with Crippen LogP contribution in [0, 0.1) is 11.3 Å². The van der Waals surface area contributed by atoms with Gasteiger partial charge in [-0.15, -0.1) is 0 Å². The first kappa shape index (κ1) is 12.0. The van der Waals surface area contributed by atoms with Crippen LogP contribution in [0.4, 0.5) is 0 Å². The fourth-order valence-electron chi connectivity index (χ4n) is 1.35. The van der Waals surface area contributed by atoms with Crippen LogP contribution in [-0.4, -0.2) is 25.0 Å². The molecule has 1 rings (SSSR count). The third-order valence-electron chi connectivity index (χ3n) is 2.54. The molecule has 1 amide bonds. The fraction of sp³-hybridized carbons (Fsp3) is 0.818. The lowest BCUT2D eigenvalue weighted by Gasteiger charge is -2.29. The van der Waals surface area contributed by atoms with Crippen molar-refractivity contribution < 1.29 is 14.3 Å². The maximum absolute atomic E-state index is 11.6. The summed E-state index contributed by atoms with van der Waals surface area (Å²) in [5.41, 5.74) is -0.322. The molecule has 0 radical (unpaired) electrons. The first-order valence-electron chi connectivity index (χ1n) is 5.24. The van der Waals surface area contributed by atoms with Gasteiger partial charge in [0.1, 0.15) is 6.04 Å². The average Bonchev–Trinajstić information content (AvgIpc) is 2.93. The van der Waals surface area contributed by atoms with Crippen LogP contribution >= 0.6 is 0 Å². The highest BCUT2D eigenvalue weighted by molar-refractivity contribution is 5.87. The highest BCUT2D eigenvalue weighted by Gasteiger charge is 2.37. The Morgan fingerprint density at radius 3 is 2.20 bits per heavy atom. The van der Waals surface area contributed by atoms with Crippen LogP contribution in [-0.2, 0) is 14.3 Å². The van der Waals surface area contributed by atoms with E-state index in [0.29, 0.717) is 0 Å². The highest BCUT2D eigenvalue weighted by atomic mass is 16.5. The zero-order chi connectivity index (χ0) is 11.6. The molecule has 1 atom stereocenters. The van der Waals surface area contributed by atoms with Gasteiger partial charge in [0.2, 0.25) is 5.91 Å². The molecule has 1 fully saturated rings. The predicted molar refractivity (Wildman–Crippen MR) is 56.1 cm³/mol. The van der Waals surface area contributed by atoms with Crippen LogP contribution in [0.3, 0.4) is 0 Å². The van der Waals surface area contributed by atoms with Crippen LogP contribution in [0.5, 0.6) is 0 Å². The monoisotopic (exact) mass is 213 g/mol. The van der Waals surface area contributed by atoms with E-state index in [1.165, 1.54) is 7.11 Å². The van der Waals surface area contributed by atoms with E-state index >= 15 is 0 Å². The zero-order valence-electron chi connectivity index (χ0n) is 9.79. The Bertz CT molecular complexity index is 263. The number of esters is 1. The number of hydrogen-bond acceptors (Lipinski definition) is 3. The third-order valence-corrected chi connectivity index (χ3v) is 2.54. The molecular formula is C11H19NO3. The second-order valence-corrected chi connectivity index (χ2v) is 5.11. The number of amides is 1. The van der Waals surface area contributed by atoms with Crippen LogP contribution < -0.4 is 5.32 Å². The van der Waals surface area contributed by atoms with E-state index in [1.807, 2.05) is 20.8 Å². The first-order valence-corrected chi connectivity index (χ1v) is 5.24. The van der Waals surface area contributed by atoms with Crippen LogP contribution in [0.2, 0.25) is 0 Å². The normalized spacial score (nSPS) is 18.1. The summed E-state index contributed by atoms with van der Waals surface area (Å²) in [5.74, 6) is -0.295. The summed E-state index contributed by atoms with van der Waals surface area (Å²) in [5, 5.41) is 2.76. The van der Waals surface area contributed by atoms with Crippen molar-refractivity contribution in [1.29, 1.82) is 0 Å². The Balaban J connectivity index is 2.63. The standard InChI is InChI=1S/C11H19NO3/c1-11(2,3)8(10(14)15-4)12-9(13)7-5-6-7/h7-8H,5-6H2,1-4H3,(H,12,13). The number of carbonyl (C=O) groups excluding carboxylic acids is 2. The van der Waals surface area contributed by atoms with Crippen molar-refractivity contribution in [2.24, 2.45) is 11.3 Å². The van der Waals surface area contributed by atoms with Crippen molar-refractivity contribution in [3.8, 4) is 0 Å². The molecule has 1 aliphatic rings. The van der Waals surface area contributed by atoms with Gasteiger partial charge in [0.15, 0.2) is 0 Å². The van der Waals surface area contributed by atoms with Crippen LogP contribution in [0.15, 0.2) is 0 Å². The van der Waals surface area contributed by atoms with Crippen molar-refractivity contribution in [3.63, 3.8) is 0 Å². The van der Waals surface area contributed by atoms with E-state index in [2.05, 4.69) is 10.1 Å². The quantitative estimate of drug-likeness (QED) is 0.714. The molecule has 1 saturated carbocycles. The van der Waals surface area contributed by atoms with Crippen molar-refractivity contribution in [3.05, 3.63) is 0 Å². The lowest BCUT2D eigenvalue weighted by Crippen LogP contribution is -2.50. The minimum Gasteiger partial charge on any atom is -0.467 e. The second kappa shape index (κ2) is 4.21. The number of methoxy groups -OCH3 is 1. The Labute approximate surface area is 90.4 Å². The van der Waals surface area contributed by atoms with Gasteiger partial charge in [0.25, 0.3) is 0 Å². The molecule has 1 N–H and O–H groups in total. The molecule has 4 nitrogen and oxygen atoms in total. The van der Waals surface area contributed by atoms with Crippen molar-refractivity contribution in [2.75, 3.05) is 7.11 Å². The first-order chi connectivity index (χ1) is 6.86. The SMILES string of the molecule is COC(=O)C(NC(=O)C1CC1)C(C)(C)C. The number of nitrogens with one attached hydrogen (secondary N) is 1. The average molecular weight is 213 g/mol.